The lowest BCUT2D eigenvalue weighted by molar-refractivity contribution is -0.274. The minimum atomic E-state index is -4.69. The molecule has 3 nitrogen and oxygen atoms in total. The van der Waals surface area contributed by atoms with Gasteiger partial charge in [-0.1, -0.05) is 0 Å². The maximum atomic E-state index is 12.9. The number of carbonyl (C=O) groups is 1. The van der Waals surface area contributed by atoms with Gasteiger partial charge in [0.05, 0.1) is 6.54 Å². The van der Waals surface area contributed by atoms with Crippen LogP contribution in [0.5, 0.6) is 5.75 Å². The fourth-order valence-corrected chi connectivity index (χ4v) is 5.60. The molecule has 0 amide bonds. The van der Waals surface area contributed by atoms with Crippen LogP contribution in [0.2, 0.25) is 0 Å². The molecule has 4 saturated carbocycles. The molecule has 4 bridgehead atoms. The molecular formula is C19H22F3NO2. The van der Waals surface area contributed by atoms with Gasteiger partial charge in [-0.3, -0.25) is 4.79 Å². The zero-order valence-corrected chi connectivity index (χ0v) is 13.9. The minimum absolute atomic E-state index is 0.152. The Labute approximate surface area is 144 Å². The minimum Gasteiger partial charge on any atom is -0.406 e. The van der Waals surface area contributed by atoms with Crippen LogP contribution in [-0.4, -0.2) is 18.7 Å². The van der Waals surface area contributed by atoms with Crippen molar-refractivity contribution < 1.29 is 22.7 Å². The number of Topliss-reactive ketones (excluding diaryl/α,β-unsaturated/α-hetero) is 1. The summed E-state index contributed by atoms with van der Waals surface area (Å²) in [6.45, 7) is 0.242. The van der Waals surface area contributed by atoms with Crippen molar-refractivity contribution in [1.82, 2.24) is 0 Å². The molecule has 1 aromatic carbocycles. The molecule has 136 valence electrons. The molecule has 5 rings (SSSR count). The van der Waals surface area contributed by atoms with Gasteiger partial charge in [-0.25, -0.2) is 0 Å². The fraction of sp³-hybridized carbons (Fsp3) is 0.632. The van der Waals surface area contributed by atoms with Crippen molar-refractivity contribution in [3.63, 3.8) is 0 Å². The number of ether oxygens (including phenoxy) is 1. The van der Waals surface area contributed by atoms with Crippen molar-refractivity contribution in [3.8, 4) is 5.75 Å². The van der Waals surface area contributed by atoms with Crippen LogP contribution in [0.3, 0.4) is 0 Å². The molecule has 1 N–H and O–H groups in total. The average molecular weight is 353 g/mol. The number of hydrogen-bond acceptors (Lipinski definition) is 3. The number of rotatable bonds is 5. The van der Waals surface area contributed by atoms with Crippen LogP contribution in [0.4, 0.5) is 18.9 Å². The number of halogens is 3. The smallest absolute Gasteiger partial charge is 0.406 e. The van der Waals surface area contributed by atoms with Crippen LogP contribution in [0.15, 0.2) is 24.3 Å². The third kappa shape index (κ3) is 3.48. The zero-order chi connectivity index (χ0) is 17.7. The summed E-state index contributed by atoms with van der Waals surface area (Å²) < 4.78 is 40.4. The lowest BCUT2D eigenvalue weighted by Gasteiger charge is -2.56. The first-order valence-electron chi connectivity index (χ1n) is 8.94. The first kappa shape index (κ1) is 16.7. The van der Waals surface area contributed by atoms with Crippen molar-refractivity contribution >= 4 is 11.5 Å². The second-order valence-corrected chi connectivity index (χ2v) is 8.05. The molecule has 0 radical (unpaired) electrons. The van der Waals surface area contributed by atoms with Gasteiger partial charge in [-0.2, -0.15) is 0 Å². The molecular weight excluding hydrogens is 331 g/mol. The molecule has 0 saturated heterocycles. The van der Waals surface area contributed by atoms with E-state index in [9.17, 15) is 18.0 Å². The van der Waals surface area contributed by atoms with Gasteiger partial charge >= 0.3 is 6.36 Å². The van der Waals surface area contributed by atoms with Gasteiger partial charge in [0.2, 0.25) is 0 Å². The second kappa shape index (κ2) is 5.92. The normalized spacial score (nSPS) is 33.3. The standard InChI is InChI=1S/C19H22F3NO2/c20-19(21,22)25-16-3-1-15(2-4-16)23-11-17(24)18-8-12-5-13(9-18)7-14(6-12)10-18/h1-4,12-14,23H,5-11H2. The molecule has 25 heavy (non-hydrogen) atoms. The highest BCUT2D eigenvalue weighted by atomic mass is 19.4. The highest BCUT2D eigenvalue weighted by Crippen LogP contribution is 2.60. The topological polar surface area (TPSA) is 38.3 Å². The highest BCUT2D eigenvalue weighted by molar-refractivity contribution is 5.89. The zero-order valence-electron chi connectivity index (χ0n) is 13.9. The van der Waals surface area contributed by atoms with Crippen LogP contribution in [-0.2, 0) is 4.79 Å². The molecule has 0 atom stereocenters. The van der Waals surface area contributed by atoms with E-state index in [0.717, 1.165) is 19.3 Å². The summed E-state index contributed by atoms with van der Waals surface area (Å²) >= 11 is 0. The average Bonchev–Trinajstić information content (AvgIpc) is 2.51. The lowest BCUT2D eigenvalue weighted by atomic mass is 9.48. The van der Waals surface area contributed by atoms with E-state index in [1.165, 1.54) is 43.5 Å². The van der Waals surface area contributed by atoms with E-state index in [2.05, 4.69) is 10.1 Å². The van der Waals surface area contributed by atoms with Gasteiger partial charge in [-0.15, -0.1) is 13.2 Å². The Morgan fingerprint density at radius 1 is 1.04 bits per heavy atom. The van der Waals surface area contributed by atoms with Crippen molar-refractivity contribution in [2.75, 3.05) is 11.9 Å². The number of alkyl halides is 3. The summed E-state index contributed by atoms with van der Waals surface area (Å²) in [7, 11) is 0. The van der Waals surface area contributed by atoms with Gasteiger partial charge < -0.3 is 10.1 Å². The van der Waals surface area contributed by atoms with Crippen molar-refractivity contribution in [3.05, 3.63) is 24.3 Å². The maximum Gasteiger partial charge on any atom is 0.573 e. The van der Waals surface area contributed by atoms with Crippen LogP contribution >= 0.6 is 0 Å². The number of benzene rings is 1. The molecule has 1 aromatic rings. The number of hydrogen-bond donors (Lipinski definition) is 1. The summed E-state index contributed by atoms with van der Waals surface area (Å²) in [6, 6.07) is 5.53. The Hall–Kier alpha value is -1.72. The Balaban J connectivity index is 1.36. The molecule has 0 spiro atoms. The molecule has 4 fully saturated rings. The Morgan fingerprint density at radius 2 is 1.56 bits per heavy atom. The summed E-state index contributed by atoms with van der Waals surface area (Å²) in [4.78, 5) is 12.9. The van der Waals surface area contributed by atoms with E-state index in [1.807, 2.05) is 0 Å². The molecule has 4 aliphatic rings. The number of nitrogens with one attached hydrogen (secondary N) is 1. The predicted octanol–water partition coefficient (Wildman–Crippen LogP) is 4.78. The molecule has 6 heteroatoms. The van der Waals surface area contributed by atoms with Gasteiger partial charge in [-0.05, 0) is 80.5 Å². The Morgan fingerprint density at radius 3 is 2.04 bits per heavy atom. The third-order valence-corrected chi connectivity index (χ3v) is 6.17. The van der Waals surface area contributed by atoms with E-state index in [-0.39, 0.29) is 23.5 Å². The summed E-state index contributed by atoms with van der Waals surface area (Å²) in [5.41, 5.74) is 0.480. The van der Waals surface area contributed by atoms with E-state index in [1.54, 1.807) is 0 Å². The Bertz CT molecular complexity index is 618. The SMILES string of the molecule is O=C(CNc1ccc(OC(F)(F)F)cc1)C12CC3CC(CC(C3)C1)C2. The quantitative estimate of drug-likeness (QED) is 0.828. The van der Waals surface area contributed by atoms with Crippen LogP contribution in [0.25, 0.3) is 0 Å². The van der Waals surface area contributed by atoms with Gasteiger partial charge in [0.25, 0.3) is 0 Å². The van der Waals surface area contributed by atoms with E-state index in [4.69, 9.17) is 0 Å². The molecule has 0 heterocycles. The van der Waals surface area contributed by atoms with Gasteiger partial charge in [0.1, 0.15) is 5.75 Å². The summed E-state index contributed by atoms with van der Waals surface area (Å²) in [6.07, 6.45) is 2.26. The molecule has 0 aromatic heterocycles. The van der Waals surface area contributed by atoms with Crippen molar-refractivity contribution in [2.24, 2.45) is 23.2 Å². The first-order chi connectivity index (χ1) is 11.8. The Kier molecular flexibility index (Phi) is 3.96. The van der Waals surface area contributed by atoms with Crippen LogP contribution in [0.1, 0.15) is 38.5 Å². The first-order valence-corrected chi connectivity index (χ1v) is 8.94. The van der Waals surface area contributed by atoms with Crippen molar-refractivity contribution in [1.29, 1.82) is 0 Å². The van der Waals surface area contributed by atoms with E-state index in [0.29, 0.717) is 23.4 Å². The predicted molar refractivity (Wildman–Crippen MR) is 87.2 cm³/mol. The van der Waals surface area contributed by atoms with E-state index < -0.39 is 6.36 Å². The van der Waals surface area contributed by atoms with Crippen LogP contribution < -0.4 is 10.1 Å². The lowest BCUT2D eigenvalue weighted by Crippen LogP contribution is -2.51. The molecule has 4 aliphatic carbocycles. The monoisotopic (exact) mass is 353 g/mol. The summed E-state index contributed by atoms with van der Waals surface area (Å²) in [5, 5.41) is 3.07. The van der Waals surface area contributed by atoms with Crippen LogP contribution in [0, 0.1) is 23.2 Å². The van der Waals surface area contributed by atoms with Gasteiger partial charge in [0.15, 0.2) is 5.78 Å². The van der Waals surface area contributed by atoms with Gasteiger partial charge in [0, 0.05) is 11.1 Å². The fourth-order valence-electron chi connectivity index (χ4n) is 5.60. The molecule has 0 aliphatic heterocycles. The van der Waals surface area contributed by atoms with E-state index >= 15 is 0 Å². The highest BCUT2D eigenvalue weighted by Gasteiger charge is 2.54. The number of anilines is 1. The summed E-state index contributed by atoms with van der Waals surface area (Å²) in [5.74, 6) is 2.16. The largest absolute Gasteiger partial charge is 0.573 e. The van der Waals surface area contributed by atoms with Crippen molar-refractivity contribution in [2.45, 2.75) is 44.9 Å². The number of carbonyl (C=O) groups excluding carboxylic acids is 1. The second-order valence-electron chi connectivity index (χ2n) is 8.05. The molecule has 0 unspecified atom stereocenters. The maximum absolute atomic E-state index is 12.9. The number of ketones is 1. The third-order valence-electron chi connectivity index (χ3n) is 6.17.